The molecular weight excluding hydrogens is 364 g/mol. The van der Waals surface area contributed by atoms with Crippen LogP contribution in [-0.4, -0.2) is 16.8 Å². The number of para-hydroxylation sites is 1. The first-order valence-electron chi connectivity index (χ1n) is 8.46. The molecule has 1 heterocycles. The van der Waals surface area contributed by atoms with E-state index in [0.29, 0.717) is 5.69 Å². The van der Waals surface area contributed by atoms with Crippen molar-refractivity contribution < 1.29 is 18.4 Å². The topological polar surface area (TPSA) is 71.1 Å². The Morgan fingerprint density at radius 1 is 0.893 bits per heavy atom. The number of hydrogen-bond donors (Lipinski definition) is 2. The van der Waals surface area contributed by atoms with Crippen molar-refractivity contribution in [2.45, 2.75) is 13.8 Å². The molecular formula is C21H17F2N3O2. The number of carbonyl (C=O) groups excluding carboxylic acids is 2. The summed E-state index contributed by atoms with van der Waals surface area (Å²) in [5, 5.41) is 4.93. The minimum atomic E-state index is -0.905. The average molecular weight is 381 g/mol. The number of aromatic nitrogens is 1. The van der Waals surface area contributed by atoms with E-state index >= 15 is 0 Å². The first-order chi connectivity index (χ1) is 13.4. The van der Waals surface area contributed by atoms with Crippen molar-refractivity contribution in [3.63, 3.8) is 0 Å². The van der Waals surface area contributed by atoms with Gasteiger partial charge in [0.1, 0.15) is 23.0 Å². The molecule has 0 spiro atoms. The molecule has 3 aromatic rings. The van der Waals surface area contributed by atoms with Gasteiger partial charge in [-0.25, -0.2) is 8.78 Å². The Hall–Kier alpha value is -3.61. The standard InChI is InChI=1S/C21H17F2N3O2/c1-12-5-3-8-17(13(12)2)25-20(27)14-9-10-24-18(11-14)21(28)26-19-15(22)6-4-7-16(19)23/h3-11H,1-2H3,(H,25,27)(H,26,28). The maximum atomic E-state index is 13.7. The van der Waals surface area contributed by atoms with Gasteiger partial charge in [0.25, 0.3) is 11.8 Å². The van der Waals surface area contributed by atoms with Crippen molar-refractivity contribution in [1.82, 2.24) is 4.98 Å². The molecule has 28 heavy (non-hydrogen) atoms. The summed E-state index contributed by atoms with van der Waals surface area (Å²) in [4.78, 5) is 28.7. The fourth-order valence-corrected chi connectivity index (χ4v) is 2.57. The highest BCUT2D eigenvalue weighted by molar-refractivity contribution is 6.08. The van der Waals surface area contributed by atoms with E-state index < -0.39 is 29.1 Å². The Kier molecular flexibility index (Phi) is 5.44. The number of pyridine rings is 1. The van der Waals surface area contributed by atoms with Crippen LogP contribution in [0.1, 0.15) is 32.0 Å². The normalized spacial score (nSPS) is 10.4. The molecule has 0 aliphatic rings. The Morgan fingerprint density at radius 2 is 1.57 bits per heavy atom. The molecule has 2 amide bonds. The summed E-state index contributed by atoms with van der Waals surface area (Å²) in [7, 11) is 0. The first kappa shape index (κ1) is 19.2. The molecule has 0 atom stereocenters. The molecule has 0 radical (unpaired) electrons. The first-order valence-corrected chi connectivity index (χ1v) is 8.46. The lowest BCUT2D eigenvalue weighted by molar-refractivity contribution is 0.102. The van der Waals surface area contributed by atoms with Gasteiger partial charge in [-0.3, -0.25) is 14.6 Å². The summed E-state index contributed by atoms with van der Waals surface area (Å²) in [5.41, 5.74) is 2.09. The number of carbonyl (C=O) groups is 2. The highest BCUT2D eigenvalue weighted by atomic mass is 19.1. The predicted octanol–water partition coefficient (Wildman–Crippen LogP) is 4.48. The fraction of sp³-hybridized carbons (Fsp3) is 0.0952. The third-order valence-electron chi connectivity index (χ3n) is 4.31. The summed E-state index contributed by atoms with van der Waals surface area (Å²) in [6.45, 7) is 3.82. The molecule has 3 rings (SSSR count). The molecule has 0 aliphatic heterocycles. The lowest BCUT2D eigenvalue weighted by atomic mass is 10.1. The monoisotopic (exact) mass is 381 g/mol. The van der Waals surface area contributed by atoms with Crippen molar-refractivity contribution >= 4 is 23.2 Å². The third kappa shape index (κ3) is 4.03. The number of anilines is 2. The molecule has 2 N–H and O–H groups in total. The van der Waals surface area contributed by atoms with Crippen LogP contribution in [0.3, 0.4) is 0 Å². The number of rotatable bonds is 4. The molecule has 2 aromatic carbocycles. The highest BCUT2D eigenvalue weighted by Gasteiger charge is 2.16. The van der Waals surface area contributed by atoms with Crippen molar-refractivity contribution in [3.05, 3.63) is 88.7 Å². The summed E-state index contributed by atoms with van der Waals surface area (Å²) in [6.07, 6.45) is 1.28. The predicted molar refractivity (Wildman–Crippen MR) is 102 cm³/mol. The molecule has 7 heteroatoms. The molecule has 0 unspecified atom stereocenters. The van der Waals surface area contributed by atoms with Gasteiger partial charge < -0.3 is 10.6 Å². The van der Waals surface area contributed by atoms with Crippen LogP contribution in [-0.2, 0) is 0 Å². The highest BCUT2D eigenvalue weighted by Crippen LogP contribution is 2.20. The minimum absolute atomic E-state index is 0.142. The lowest BCUT2D eigenvalue weighted by Gasteiger charge is -2.11. The van der Waals surface area contributed by atoms with Crippen molar-refractivity contribution in [1.29, 1.82) is 0 Å². The van der Waals surface area contributed by atoms with Crippen LogP contribution in [0.25, 0.3) is 0 Å². The largest absolute Gasteiger partial charge is 0.322 e. The van der Waals surface area contributed by atoms with Gasteiger partial charge >= 0.3 is 0 Å². The number of amides is 2. The van der Waals surface area contributed by atoms with Crippen molar-refractivity contribution in [2.24, 2.45) is 0 Å². The molecule has 0 saturated heterocycles. The van der Waals surface area contributed by atoms with Crippen molar-refractivity contribution in [3.8, 4) is 0 Å². The average Bonchev–Trinajstić information content (AvgIpc) is 2.68. The van der Waals surface area contributed by atoms with E-state index in [1.807, 2.05) is 26.0 Å². The lowest BCUT2D eigenvalue weighted by Crippen LogP contribution is -2.18. The molecule has 142 valence electrons. The SMILES string of the molecule is Cc1cccc(NC(=O)c2ccnc(C(=O)Nc3c(F)cccc3F)c2)c1C. The molecule has 1 aromatic heterocycles. The number of benzene rings is 2. The number of aryl methyl sites for hydroxylation is 1. The van der Waals surface area contributed by atoms with Crippen LogP contribution in [0.2, 0.25) is 0 Å². The zero-order chi connectivity index (χ0) is 20.3. The summed E-state index contributed by atoms with van der Waals surface area (Å²) in [5.74, 6) is -3.07. The van der Waals surface area contributed by atoms with Gasteiger partial charge in [0, 0.05) is 17.4 Å². The van der Waals surface area contributed by atoms with Crippen LogP contribution >= 0.6 is 0 Å². The smallest absolute Gasteiger partial charge is 0.274 e. The Bertz CT molecular complexity index is 1050. The van der Waals surface area contributed by atoms with Gasteiger partial charge in [-0.15, -0.1) is 0 Å². The summed E-state index contributed by atoms with van der Waals surface area (Å²) >= 11 is 0. The second-order valence-corrected chi connectivity index (χ2v) is 6.18. The Labute approximate surface area is 160 Å². The Morgan fingerprint density at radius 3 is 2.29 bits per heavy atom. The molecule has 0 bridgehead atoms. The van der Waals surface area contributed by atoms with Gasteiger partial charge in [-0.1, -0.05) is 18.2 Å². The third-order valence-corrected chi connectivity index (χ3v) is 4.31. The van der Waals surface area contributed by atoms with E-state index in [0.717, 1.165) is 23.3 Å². The van der Waals surface area contributed by atoms with Gasteiger partial charge in [-0.2, -0.15) is 0 Å². The van der Waals surface area contributed by atoms with Gasteiger partial charge in [0.2, 0.25) is 0 Å². The van der Waals surface area contributed by atoms with Gasteiger partial charge in [0.05, 0.1) is 0 Å². The van der Waals surface area contributed by atoms with Crippen LogP contribution in [0.15, 0.2) is 54.7 Å². The maximum Gasteiger partial charge on any atom is 0.274 e. The van der Waals surface area contributed by atoms with E-state index in [1.54, 1.807) is 6.07 Å². The quantitative estimate of drug-likeness (QED) is 0.700. The Balaban J connectivity index is 1.81. The molecule has 0 aliphatic carbocycles. The van der Waals surface area contributed by atoms with E-state index in [4.69, 9.17) is 0 Å². The van der Waals surface area contributed by atoms with Crippen LogP contribution < -0.4 is 10.6 Å². The molecule has 0 saturated carbocycles. The van der Waals surface area contributed by atoms with Gasteiger partial charge in [-0.05, 0) is 55.3 Å². The second kappa shape index (κ2) is 7.96. The number of nitrogens with one attached hydrogen (secondary N) is 2. The van der Waals surface area contributed by atoms with Crippen molar-refractivity contribution in [2.75, 3.05) is 10.6 Å². The van der Waals surface area contributed by atoms with Crippen LogP contribution in [0.4, 0.5) is 20.2 Å². The fourth-order valence-electron chi connectivity index (χ4n) is 2.57. The van der Waals surface area contributed by atoms with E-state index in [1.165, 1.54) is 24.4 Å². The zero-order valence-corrected chi connectivity index (χ0v) is 15.2. The molecule has 0 fully saturated rings. The number of nitrogens with zero attached hydrogens (tertiary/aromatic N) is 1. The van der Waals surface area contributed by atoms with E-state index in [9.17, 15) is 18.4 Å². The number of halogens is 2. The van der Waals surface area contributed by atoms with Crippen LogP contribution in [0, 0.1) is 25.5 Å². The summed E-state index contributed by atoms with van der Waals surface area (Å²) < 4.78 is 27.4. The van der Waals surface area contributed by atoms with Crippen LogP contribution in [0.5, 0.6) is 0 Å². The zero-order valence-electron chi connectivity index (χ0n) is 15.2. The number of hydrogen-bond acceptors (Lipinski definition) is 3. The van der Waals surface area contributed by atoms with E-state index in [-0.39, 0.29) is 11.3 Å². The minimum Gasteiger partial charge on any atom is -0.322 e. The molecule has 5 nitrogen and oxygen atoms in total. The van der Waals surface area contributed by atoms with Gasteiger partial charge in [0.15, 0.2) is 0 Å². The summed E-state index contributed by atoms with van der Waals surface area (Å²) in [6, 6.07) is 11.5. The maximum absolute atomic E-state index is 13.7. The van der Waals surface area contributed by atoms with E-state index in [2.05, 4.69) is 15.6 Å². The second-order valence-electron chi connectivity index (χ2n) is 6.18.